The van der Waals surface area contributed by atoms with Crippen molar-refractivity contribution in [1.29, 1.82) is 0 Å². The Bertz CT molecular complexity index is 759. The van der Waals surface area contributed by atoms with Crippen LogP contribution >= 0.6 is 11.8 Å². The van der Waals surface area contributed by atoms with Gasteiger partial charge in [0.15, 0.2) is 9.84 Å². The van der Waals surface area contributed by atoms with Crippen LogP contribution in [0.15, 0.2) is 53.4 Å². The Kier molecular flexibility index (Phi) is 4.52. The lowest BCUT2D eigenvalue weighted by atomic mass is 10.0. The van der Waals surface area contributed by atoms with E-state index in [9.17, 15) is 8.42 Å². The van der Waals surface area contributed by atoms with Gasteiger partial charge in [0.2, 0.25) is 0 Å². The highest BCUT2D eigenvalue weighted by Gasteiger charge is 2.17. The van der Waals surface area contributed by atoms with Crippen LogP contribution in [0.5, 0.6) is 0 Å². The molecule has 0 N–H and O–H groups in total. The quantitative estimate of drug-likeness (QED) is 0.808. The Labute approximate surface area is 136 Å². The number of halogens is 1. The van der Waals surface area contributed by atoms with E-state index in [1.165, 1.54) is 11.1 Å². The van der Waals surface area contributed by atoms with Gasteiger partial charge in [0, 0.05) is 13.1 Å². The van der Waals surface area contributed by atoms with Crippen LogP contribution in [0.1, 0.15) is 16.7 Å². The average Bonchev–Trinajstić information content (AvgIpc) is 2.70. The fraction of sp³-hybridized carbons (Fsp3) is 0.294. The van der Waals surface area contributed by atoms with Crippen LogP contribution in [0.3, 0.4) is 0 Å². The van der Waals surface area contributed by atoms with Crippen molar-refractivity contribution in [2.45, 2.75) is 23.5 Å². The van der Waals surface area contributed by atoms with E-state index in [4.69, 9.17) is 11.8 Å². The Morgan fingerprint density at radius 1 is 0.955 bits per heavy atom. The molecule has 1 aliphatic rings. The molecule has 3 nitrogen and oxygen atoms in total. The van der Waals surface area contributed by atoms with Gasteiger partial charge in [-0.25, -0.2) is 12.8 Å². The van der Waals surface area contributed by atoms with Crippen molar-refractivity contribution in [1.82, 2.24) is 4.42 Å². The van der Waals surface area contributed by atoms with Crippen molar-refractivity contribution in [2.75, 3.05) is 13.1 Å². The fourth-order valence-electron chi connectivity index (χ4n) is 2.77. The highest BCUT2D eigenvalue weighted by atomic mass is 35.5. The lowest BCUT2D eigenvalue weighted by Crippen LogP contribution is -2.14. The van der Waals surface area contributed by atoms with Crippen LogP contribution in [0.4, 0.5) is 0 Å². The van der Waals surface area contributed by atoms with Gasteiger partial charge < -0.3 is 0 Å². The number of fused-ring (bicyclic) bond motifs is 1. The Balaban J connectivity index is 1.85. The van der Waals surface area contributed by atoms with Crippen molar-refractivity contribution < 1.29 is 8.42 Å². The maximum absolute atomic E-state index is 12.5. The van der Waals surface area contributed by atoms with Gasteiger partial charge >= 0.3 is 0 Å². The minimum absolute atomic E-state index is 0.0366. The summed E-state index contributed by atoms with van der Waals surface area (Å²) in [7, 11) is -3.30. The molecule has 0 unspecified atom stereocenters. The van der Waals surface area contributed by atoms with Gasteiger partial charge in [0.1, 0.15) is 0 Å². The molecule has 1 heterocycles. The van der Waals surface area contributed by atoms with E-state index in [2.05, 4.69) is 0 Å². The summed E-state index contributed by atoms with van der Waals surface area (Å²) in [6.45, 7) is 1.62. The zero-order chi connectivity index (χ0) is 15.6. The van der Waals surface area contributed by atoms with Gasteiger partial charge in [-0.2, -0.15) is 0 Å². The Hall–Kier alpha value is -1.36. The molecule has 116 valence electrons. The van der Waals surface area contributed by atoms with Gasteiger partial charge in [0.25, 0.3) is 0 Å². The van der Waals surface area contributed by atoms with Crippen molar-refractivity contribution in [3.63, 3.8) is 0 Å². The number of rotatable bonds is 3. The molecular formula is C17H18ClNO2S. The van der Waals surface area contributed by atoms with Crippen molar-refractivity contribution >= 4 is 21.6 Å². The fourth-order valence-corrected chi connectivity index (χ4v) is 4.30. The molecule has 0 bridgehead atoms. The molecule has 2 aromatic rings. The molecule has 0 radical (unpaired) electrons. The second-order valence-electron chi connectivity index (χ2n) is 5.59. The Morgan fingerprint density at radius 3 is 2.36 bits per heavy atom. The van der Waals surface area contributed by atoms with Gasteiger partial charge in [-0.1, -0.05) is 36.4 Å². The zero-order valence-electron chi connectivity index (χ0n) is 12.2. The summed E-state index contributed by atoms with van der Waals surface area (Å²) in [4.78, 5) is 0.372. The molecule has 1 aliphatic heterocycles. The molecule has 5 heteroatoms. The number of hydrogen-bond acceptors (Lipinski definition) is 3. The van der Waals surface area contributed by atoms with E-state index in [1.807, 2.05) is 24.3 Å². The van der Waals surface area contributed by atoms with Gasteiger partial charge in [-0.05, 0) is 53.4 Å². The summed E-state index contributed by atoms with van der Waals surface area (Å²) in [6, 6.07) is 14.6. The summed E-state index contributed by atoms with van der Waals surface area (Å²) in [5.74, 6) is 0.0366. The standard InChI is InChI=1S/C17H18ClNO2S/c18-19-10-8-15-7-6-14(12-16(15)9-11-19)13-22(20,21)17-4-2-1-3-5-17/h1-7,12H,8-11,13H2. The number of benzene rings is 2. The monoisotopic (exact) mass is 335 g/mol. The molecule has 0 atom stereocenters. The van der Waals surface area contributed by atoms with Crippen molar-refractivity contribution in [3.05, 3.63) is 65.2 Å². The summed E-state index contributed by atoms with van der Waals surface area (Å²) >= 11 is 6.07. The number of nitrogens with zero attached hydrogens (tertiary/aromatic N) is 1. The van der Waals surface area contributed by atoms with Gasteiger partial charge in [-0.15, -0.1) is 0 Å². The molecule has 0 fully saturated rings. The summed E-state index contributed by atoms with van der Waals surface area (Å²) < 4.78 is 26.7. The van der Waals surface area contributed by atoms with E-state index < -0.39 is 9.84 Å². The summed E-state index contributed by atoms with van der Waals surface area (Å²) in [5, 5.41) is 0. The molecule has 0 aromatic heterocycles. The SMILES string of the molecule is O=S(=O)(Cc1ccc2c(c1)CCN(Cl)CC2)c1ccccc1. The molecular weight excluding hydrogens is 318 g/mol. The molecule has 3 rings (SSSR count). The third-order valence-corrected chi connectivity index (χ3v) is 6.02. The first-order valence-corrected chi connectivity index (χ1v) is 9.33. The van der Waals surface area contributed by atoms with Crippen LogP contribution in [0.2, 0.25) is 0 Å². The first kappa shape index (κ1) is 15.5. The van der Waals surface area contributed by atoms with Crippen LogP contribution in [0.25, 0.3) is 0 Å². The second-order valence-corrected chi connectivity index (χ2v) is 8.05. The molecule has 2 aromatic carbocycles. The summed E-state index contributed by atoms with van der Waals surface area (Å²) in [5.41, 5.74) is 3.32. The average molecular weight is 336 g/mol. The highest BCUT2D eigenvalue weighted by molar-refractivity contribution is 7.90. The van der Waals surface area contributed by atoms with Crippen LogP contribution in [0, 0.1) is 0 Å². The topological polar surface area (TPSA) is 37.4 Å². The minimum atomic E-state index is -3.30. The molecule has 0 saturated heterocycles. The molecule has 0 amide bonds. The van der Waals surface area contributed by atoms with E-state index in [0.717, 1.165) is 31.5 Å². The molecule has 0 aliphatic carbocycles. The van der Waals surface area contributed by atoms with Crippen molar-refractivity contribution in [2.24, 2.45) is 0 Å². The maximum atomic E-state index is 12.5. The minimum Gasteiger partial charge on any atom is -0.223 e. The third-order valence-electron chi connectivity index (χ3n) is 3.98. The lowest BCUT2D eigenvalue weighted by Gasteiger charge is -2.09. The highest BCUT2D eigenvalue weighted by Crippen LogP contribution is 2.22. The van der Waals surface area contributed by atoms with Crippen molar-refractivity contribution in [3.8, 4) is 0 Å². The zero-order valence-corrected chi connectivity index (χ0v) is 13.8. The maximum Gasteiger partial charge on any atom is 0.182 e. The third kappa shape index (κ3) is 3.51. The first-order valence-electron chi connectivity index (χ1n) is 7.34. The molecule has 0 saturated carbocycles. The first-order chi connectivity index (χ1) is 10.5. The smallest absolute Gasteiger partial charge is 0.182 e. The van der Waals surface area contributed by atoms with Gasteiger partial charge in [0.05, 0.1) is 10.6 Å². The summed E-state index contributed by atoms with van der Waals surface area (Å²) in [6.07, 6.45) is 1.77. The van der Waals surface area contributed by atoms with Gasteiger partial charge in [-0.3, -0.25) is 0 Å². The Morgan fingerprint density at radius 2 is 1.64 bits per heavy atom. The van der Waals surface area contributed by atoms with E-state index in [-0.39, 0.29) is 5.75 Å². The van der Waals surface area contributed by atoms with Crippen LogP contribution < -0.4 is 0 Å². The number of sulfone groups is 1. The lowest BCUT2D eigenvalue weighted by molar-refractivity contribution is 0.477. The largest absolute Gasteiger partial charge is 0.223 e. The predicted molar refractivity (Wildman–Crippen MR) is 88.6 cm³/mol. The normalized spacial score (nSPS) is 16.0. The van der Waals surface area contributed by atoms with E-state index >= 15 is 0 Å². The van der Waals surface area contributed by atoms with Crippen LogP contribution in [-0.2, 0) is 28.4 Å². The predicted octanol–water partition coefficient (Wildman–Crippen LogP) is 3.21. The second kappa shape index (κ2) is 6.41. The van der Waals surface area contributed by atoms with Crippen LogP contribution in [-0.4, -0.2) is 25.9 Å². The van der Waals surface area contributed by atoms with E-state index in [0.29, 0.717) is 4.90 Å². The number of hydrogen-bond donors (Lipinski definition) is 0. The molecule has 22 heavy (non-hydrogen) atoms. The molecule has 0 spiro atoms. The van der Waals surface area contributed by atoms with E-state index in [1.54, 1.807) is 28.7 Å².